The number of nitrogens with zero attached hydrogens (tertiary/aromatic N) is 2. The number of aromatic nitrogens is 2. The Morgan fingerprint density at radius 1 is 1.33 bits per heavy atom. The molecule has 2 aromatic rings. The molecule has 2 heterocycles. The van der Waals surface area contributed by atoms with E-state index in [-0.39, 0.29) is 12.3 Å². The van der Waals surface area contributed by atoms with Crippen LogP contribution in [0.15, 0.2) is 24.3 Å². The Morgan fingerprint density at radius 3 is 2.62 bits per heavy atom. The van der Waals surface area contributed by atoms with E-state index in [0.717, 1.165) is 22.4 Å². The fraction of sp³-hybridized carbons (Fsp3) is 0.267. The lowest BCUT2D eigenvalue weighted by atomic mass is 10.0. The topological polar surface area (TPSA) is 84.2 Å². The van der Waals surface area contributed by atoms with E-state index in [1.54, 1.807) is 0 Å². The summed E-state index contributed by atoms with van der Waals surface area (Å²) < 4.78 is 1.49. The SMILES string of the molecule is Cc1ccc(-c2c(C)nn3c2NC(=O)[C@H]3CC(=O)O)cc1. The Balaban J connectivity index is 2.08. The number of aliphatic carboxylic acids is 1. The summed E-state index contributed by atoms with van der Waals surface area (Å²) in [6.45, 7) is 3.86. The van der Waals surface area contributed by atoms with Crippen molar-refractivity contribution in [1.29, 1.82) is 0 Å². The van der Waals surface area contributed by atoms with Gasteiger partial charge in [0, 0.05) is 5.56 Å². The van der Waals surface area contributed by atoms with E-state index in [4.69, 9.17) is 5.11 Å². The summed E-state index contributed by atoms with van der Waals surface area (Å²) in [7, 11) is 0. The third-order valence-corrected chi connectivity index (χ3v) is 3.63. The van der Waals surface area contributed by atoms with E-state index < -0.39 is 12.0 Å². The molecule has 2 N–H and O–H groups in total. The first-order valence-corrected chi connectivity index (χ1v) is 6.66. The quantitative estimate of drug-likeness (QED) is 0.904. The number of rotatable bonds is 3. The van der Waals surface area contributed by atoms with Gasteiger partial charge in [-0.25, -0.2) is 4.68 Å². The lowest BCUT2D eigenvalue weighted by Gasteiger charge is -2.04. The number of carbonyl (C=O) groups is 2. The molecule has 0 radical (unpaired) electrons. The van der Waals surface area contributed by atoms with Crippen molar-refractivity contribution in [3.63, 3.8) is 0 Å². The zero-order valence-corrected chi connectivity index (χ0v) is 11.8. The van der Waals surface area contributed by atoms with E-state index in [1.165, 1.54) is 4.68 Å². The molecule has 1 amide bonds. The first-order chi connectivity index (χ1) is 9.97. The van der Waals surface area contributed by atoms with Crippen LogP contribution in [-0.2, 0) is 9.59 Å². The number of carboxylic acid groups (broad SMARTS) is 1. The molecule has 0 unspecified atom stereocenters. The summed E-state index contributed by atoms with van der Waals surface area (Å²) in [5.74, 6) is -0.770. The van der Waals surface area contributed by atoms with Gasteiger partial charge >= 0.3 is 5.97 Å². The molecular weight excluding hydrogens is 270 g/mol. The monoisotopic (exact) mass is 285 g/mol. The largest absolute Gasteiger partial charge is 0.481 e. The molecule has 6 heteroatoms. The summed E-state index contributed by atoms with van der Waals surface area (Å²) in [6.07, 6.45) is -0.271. The Bertz CT molecular complexity index is 731. The van der Waals surface area contributed by atoms with E-state index >= 15 is 0 Å². The van der Waals surface area contributed by atoms with Crippen LogP contribution in [-0.4, -0.2) is 26.8 Å². The number of carboxylic acids is 1. The average molecular weight is 285 g/mol. The maximum Gasteiger partial charge on any atom is 0.306 e. The van der Waals surface area contributed by atoms with Crippen molar-refractivity contribution in [2.45, 2.75) is 26.3 Å². The van der Waals surface area contributed by atoms with Crippen molar-refractivity contribution in [1.82, 2.24) is 9.78 Å². The molecule has 1 atom stereocenters. The minimum Gasteiger partial charge on any atom is -0.481 e. The molecule has 21 heavy (non-hydrogen) atoms. The zero-order chi connectivity index (χ0) is 15.1. The molecule has 0 aliphatic carbocycles. The molecule has 6 nitrogen and oxygen atoms in total. The molecule has 3 rings (SSSR count). The standard InChI is InChI=1S/C15H15N3O3/c1-8-3-5-10(6-4-8)13-9(2)17-18-11(7-12(19)20)15(21)16-14(13)18/h3-6,11H,7H2,1-2H3,(H,16,21)(H,19,20)/t11-/m1/s1. The molecule has 0 spiro atoms. The van der Waals surface area contributed by atoms with Crippen LogP contribution in [0, 0.1) is 13.8 Å². The second-order valence-electron chi connectivity index (χ2n) is 5.22. The van der Waals surface area contributed by atoms with E-state index in [1.807, 2.05) is 38.1 Å². The highest BCUT2D eigenvalue weighted by atomic mass is 16.4. The van der Waals surface area contributed by atoms with Gasteiger partial charge in [0.15, 0.2) is 0 Å². The van der Waals surface area contributed by atoms with Crippen molar-refractivity contribution in [2.24, 2.45) is 0 Å². The predicted molar refractivity (Wildman–Crippen MR) is 77.1 cm³/mol. The predicted octanol–water partition coefficient (Wildman–Crippen LogP) is 2.13. The lowest BCUT2D eigenvalue weighted by Crippen LogP contribution is -2.20. The van der Waals surface area contributed by atoms with Crippen LogP contribution in [0.3, 0.4) is 0 Å². The Morgan fingerprint density at radius 2 is 2.00 bits per heavy atom. The number of amides is 1. The number of anilines is 1. The summed E-state index contributed by atoms with van der Waals surface area (Å²) in [6, 6.07) is 7.14. The molecule has 0 fully saturated rings. The summed E-state index contributed by atoms with van der Waals surface area (Å²) >= 11 is 0. The second-order valence-corrected chi connectivity index (χ2v) is 5.22. The number of aryl methyl sites for hydroxylation is 2. The van der Waals surface area contributed by atoms with Gasteiger partial charge in [-0.2, -0.15) is 5.10 Å². The minimum absolute atomic E-state index is 0.271. The van der Waals surface area contributed by atoms with E-state index in [0.29, 0.717) is 5.82 Å². The molecule has 1 aliphatic rings. The molecule has 0 saturated carbocycles. The van der Waals surface area contributed by atoms with Crippen molar-refractivity contribution in [2.75, 3.05) is 5.32 Å². The molecule has 1 aromatic carbocycles. The maximum absolute atomic E-state index is 11.9. The number of nitrogens with one attached hydrogen (secondary N) is 1. The molecule has 108 valence electrons. The van der Waals surface area contributed by atoms with Gasteiger partial charge in [0.1, 0.15) is 11.9 Å². The van der Waals surface area contributed by atoms with Gasteiger partial charge in [-0.15, -0.1) is 0 Å². The first kappa shape index (κ1) is 13.4. The number of benzene rings is 1. The summed E-state index contributed by atoms with van der Waals surface area (Å²) in [4.78, 5) is 22.8. The van der Waals surface area contributed by atoms with Crippen molar-refractivity contribution in [3.8, 4) is 11.1 Å². The van der Waals surface area contributed by atoms with Crippen LogP contribution in [0.2, 0.25) is 0 Å². The third kappa shape index (κ3) is 2.18. The van der Waals surface area contributed by atoms with Gasteiger partial charge in [-0.1, -0.05) is 29.8 Å². The van der Waals surface area contributed by atoms with Crippen LogP contribution in [0.4, 0.5) is 5.82 Å². The number of hydrogen-bond donors (Lipinski definition) is 2. The zero-order valence-electron chi connectivity index (χ0n) is 11.8. The van der Waals surface area contributed by atoms with Crippen molar-refractivity contribution >= 4 is 17.7 Å². The number of carbonyl (C=O) groups excluding carboxylic acids is 1. The number of hydrogen-bond acceptors (Lipinski definition) is 3. The highest BCUT2D eigenvalue weighted by Crippen LogP contribution is 2.38. The molecule has 1 aromatic heterocycles. The van der Waals surface area contributed by atoms with Gasteiger partial charge in [0.2, 0.25) is 0 Å². The normalized spacial score (nSPS) is 16.7. The Labute approximate surface area is 121 Å². The van der Waals surface area contributed by atoms with Gasteiger partial charge in [0.25, 0.3) is 5.91 Å². The minimum atomic E-state index is -1.02. The lowest BCUT2D eigenvalue weighted by molar-refractivity contribution is -0.139. The van der Waals surface area contributed by atoms with Crippen molar-refractivity contribution in [3.05, 3.63) is 35.5 Å². The summed E-state index contributed by atoms with van der Waals surface area (Å²) in [5.41, 5.74) is 3.71. The van der Waals surface area contributed by atoms with Crippen LogP contribution in [0.1, 0.15) is 23.7 Å². The fourth-order valence-corrected chi connectivity index (χ4v) is 2.61. The highest BCUT2D eigenvalue weighted by Gasteiger charge is 2.36. The van der Waals surface area contributed by atoms with Gasteiger partial charge in [-0.05, 0) is 19.4 Å². The van der Waals surface area contributed by atoms with Crippen LogP contribution >= 0.6 is 0 Å². The molecule has 1 aliphatic heterocycles. The Kier molecular flexibility index (Phi) is 3.01. The van der Waals surface area contributed by atoms with Crippen LogP contribution in [0.25, 0.3) is 11.1 Å². The molecular formula is C15H15N3O3. The molecule has 0 saturated heterocycles. The van der Waals surface area contributed by atoms with Crippen LogP contribution < -0.4 is 5.32 Å². The Hall–Kier alpha value is -2.63. The third-order valence-electron chi connectivity index (χ3n) is 3.63. The van der Waals surface area contributed by atoms with E-state index in [2.05, 4.69) is 10.4 Å². The smallest absolute Gasteiger partial charge is 0.306 e. The van der Waals surface area contributed by atoms with Crippen LogP contribution in [0.5, 0.6) is 0 Å². The average Bonchev–Trinajstić information content (AvgIpc) is 2.87. The van der Waals surface area contributed by atoms with Crippen molar-refractivity contribution < 1.29 is 14.7 Å². The first-order valence-electron chi connectivity index (χ1n) is 6.66. The number of fused-ring (bicyclic) bond motifs is 1. The molecule has 0 bridgehead atoms. The van der Waals surface area contributed by atoms with E-state index in [9.17, 15) is 9.59 Å². The van der Waals surface area contributed by atoms with Gasteiger partial charge in [-0.3, -0.25) is 9.59 Å². The maximum atomic E-state index is 11.9. The fourth-order valence-electron chi connectivity index (χ4n) is 2.61. The highest BCUT2D eigenvalue weighted by molar-refractivity contribution is 6.02. The van der Waals surface area contributed by atoms with Gasteiger partial charge in [0.05, 0.1) is 12.1 Å². The van der Waals surface area contributed by atoms with Gasteiger partial charge < -0.3 is 10.4 Å². The second kappa shape index (κ2) is 4.73. The summed E-state index contributed by atoms with van der Waals surface area (Å²) in [5, 5.41) is 16.0.